The first-order chi connectivity index (χ1) is 11.3. The van der Waals surface area contributed by atoms with Crippen molar-refractivity contribution >= 4 is 11.7 Å². The van der Waals surface area contributed by atoms with Gasteiger partial charge in [-0.25, -0.2) is 9.67 Å². The van der Waals surface area contributed by atoms with Gasteiger partial charge in [-0.2, -0.15) is 5.10 Å². The molecule has 0 fully saturated rings. The highest BCUT2D eigenvalue weighted by molar-refractivity contribution is 6.04. The fourth-order valence-electron chi connectivity index (χ4n) is 2.92. The van der Waals surface area contributed by atoms with E-state index in [9.17, 15) is 4.79 Å². The number of rotatable bonds is 3. The standard InChI is InChI=1S/C17H17N5O/c23-17(20-16-12-18-15-7-1-2-9-21(15)16)13-5-3-6-14(11-13)22-10-4-8-19-22/h3-6,8,10-12H,1-2,7,9H2,(H,20,23). The van der Waals surface area contributed by atoms with Gasteiger partial charge in [0, 0.05) is 30.9 Å². The topological polar surface area (TPSA) is 64.7 Å². The molecule has 6 heteroatoms. The Kier molecular flexibility index (Phi) is 3.42. The molecule has 1 N–H and O–H groups in total. The van der Waals surface area contributed by atoms with Gasteiger partial charge in [0.25, 0.3) is 5.91 Å². The lowest BCUT2D eigenvalue weighted by molar-refractivity contribution is 0.102. The van der Waals surface area contributed by atoms with E-state index in [0.29, 0.717) is 5.56 Å². The quantitative estimate of drug-likeness (QED) is 0.809. The van der Waals surface area contributed by atoms with Crippen LogP contribution in [0, 0.1) is 0 Å². The number of nitrogens with zero attached hydrogens (tertiary/aromatic N) is 4. The average molecular weight is 307 g/mol. The van der Waals surface area contributed by atoms with Crippen molar-refractivity contribution in [2.45, 2.75) is 25.8 Å². The number of fused-ring (bicyclic) bond motifs is 1. The lowest BCUT2D eigenvalue weighted by atomic mass is 10.1. The zero-order valence-corrected chi connectivity index (χ0v) is 12.6. The van der Waals surface area contributed by atoms with E-state index in [1.165, 1.54) is 0 Å². The summed E-state index contributed by atoms with van der Waals surface area (Å²) >= 11 is 0. The van der Waals surface area contributed by atoms with Crippen molar-refractivity contribution in [2.75, 3.05) is 5.32 Å². The summed E-state index contributed by atoms with van der Waals surface area (Å²) in [5, 5.41) is 7.16. The predicted octanol–water partition coefficient (Wildman–Crippen LogP) is 2.66. The van der Waals surface area contributed by atoms with Crippen LogP contribution in [0.25, 0.3) is 5.69 Å². The lowest BCUT2D eigenvalue weighted by Gasteiger charge is -2.16. The third-order valence-corrected chi connectivity index (χ3v) is 4.09. The van der Waals surface area contributed by atoms with E-state index in [-0.39, 0.29) is 5.91 Å². The minimum absolute atomic E-state index is 0.132. The van der Waals surface area contributed by atoms with Gasteiger partial charge in [0.2, 0.25) is 0 Å². The summed E-state index contributed by atoms with van der Waals surface area (Å²) in [7, 11) is 0. The zero-order chi connectivity index (χ0) is 15.6. The van der Waals surface area contributed by atoms with Gasteiger partial charge >= 0.3 is 0 Å². The van der Waals surface area contributed by atoms with E-state index in [2.05, 4.69) is 20.0 Å². The summed E-state index contributed by atoms with van der Waals surface area (Å²) in [4.78, 5) is 16.9. The molecule has 1 amide bonds. The molecule has 1 aromatic carbocycles. The third kappa shape index (κ3) is 2.63. The lowest BCUT2D eigenvalue weighted by Crippen LogP contribution is -2.18. The second-order valence-corrected chi connectivity index (χ2v) is 5.62. The molecule has 116 valence electrons. The number of imidazole rings is 1. The van der Waals surface area contributed by atoms with Crippen LogP contribution in [0.2, 0.25) is 0 Å². The molecule has 0 spiro atoms. The summed E-state index contributed by atoms with van der Waals surface area (Å²) in [6.07, 6.45) is 8.58. The molecule has 0 aliphatic carbocycles. The predicted molar refractivity (Wildman–Crippen MR) is 86.7 cm³/mol. The van der Waals surface area contributed by atoms with E-state index < -0.39 is 0 Å². The molecule has 1 aliphatic heterocycles. The first kappa shape index (κ1) is 13.8. The maximum atomic E-state index is 12.5. The molecule has 3 heterocycles. The van der Waals surface area contributed by atoms with Gasteiger partial charge in [-0.1, -0.05) is 6.07 Å². The van der Waals surface area contributed by atoms with E-state index >= 15 is 0 Å². The second kappa shape index (κ2) is 5.72. The number of hydrogen-bond acceptors (Lipinski definition) is 3. The van der Waals surface area contributed by atoms with Crippen molar-refractivity contribution in [3.8, 4) is 5.69 Å². The number of anilines is 1. The van der Waals surface area contributed by atoms with Crippen molar-refractivity contribution in [1.29, 1.82) is 0 Å². The van der Waals surface area contributed by atoms with Crippen LogP contribution in [-0.2, 0) is 13.0 Å². The highest BCUT2D eigenvalue weighted by Crippen LogP contribution is 2.20. The van der Waals surface area contributed by atoms with Gasteiger partial charge in [0.1, 0.15) is 11.6 Å². The van der Waals surface area contributed by atoms with Crippen molar-refractivity contribution < 1.29 is 4.79 Å². The highest BCUT2D eigenvalue weighted by atomic mass is 16.1. The third-order valence-electron chi connectivity index (χ3n) is 4.09. The van der Waals surface area contributed by atoms with E-state index in [0.717, 1.165) is 43.1 Å². The first-order valence-electron chi connectivity index (χ1n) is 7.77. The number of amides is 1. The number of benzene rings is 1. The van der Waals surface area contributed by atoms with Gasteiger partial charge < -0.3 is 9.88 Å². The summed E-state index contributed by atoms with van der Waals surface area (Å²) in [6.45, 7) is 0.915. The fourth-order valence-corrected chi connectivity index (χ4v) is 2.92. The summed E-state index contributed by atoms with van der Waals surface area (Å²) < 4.78 is 3.83. The Bertz CT molecular complexity index is 835. The molecule has 0 unspecified atom stereocenters. The smallest absolute Gasteiger partial charge is 0.256 e. The molecule has 3 aromatic rings. The SMILES string of the molecule is O=C(Nc1cnc2n1CCCC2)c1cccc(-n2cccn2)c1. The van der Waals surface area contributed by atoms with Crippen molar-refractivity contribution in [3.05, 3.63) is 60.3 Å². The normalized spacial score (nSPS) is 13.6. The number of carbonyl (C=O) groups is 1. The van der Waals surface area contributed by atoms with Gasteiger partial charge in [0.15, 0.2) is 0 Å². The maximum Gasteiger partial charge on any atom is 0.256 e. The van der Waals surface area contributed by atoms with Crippen LogP contribution in [0.5, 0.6) is 0 Å². The largest absolute Gasteiger partial charge is 0.315 e. The first-order valence-corrected chi connectivity index (χ1v) is 7.77. The van der Waals surface area contributed by atoms with E-state index in [1.807, 2.05) is 30.5 Å². The molecule has 0 saturated heterocycles. The van der Waals surface area contributed by atoms with Crippen molar-refractivity contribution in [3.63, 3.8) is 0 Å². The average Bonchev–Trinajstić information content (AvgIpc) is 3.25. The van der Waals surface area contributed by atoms with Gasteiger partial charge in [-0.3, -0.25) is 4.79 Å². The highest BCUT2D eigenvalue weighted by Gasteiger charge is 2.16. The summed E-state index contributed by atoms with van der Waals surface area (Å²) in [5.74, 6) is 1.69. The molecule has 23 heavy (non-hydrogen) atoms. The fraction of sp³-hybridized carbons (Fsp3) is 0.235. The Morgan fingerprint density at radius 1 is 1.22 bits per heavy atom. The van der Waals surface area contributed by atoms with Crippen LogP contribution in [0.4, 0.5) is 5.82 Å². The minimum atomic E-state index is -0.132. The molecule has 0 bridgehead atoms. The molecule has 0 atom stereocenters. The molecule has 1 aliphatic rings. The minimum Gasteiger partial charge on any atom is -0.315 e. The summed E-state index contributed by atoms with van der Waals surface area (Å²) in [6, 6.07) is 9.26. The molecular formula is C17H17N5O. The number of nitrogens with one attached hydrogen (secondary N) is 1. The van der Waals surface area contributed by atoms with Crippen LogP contribution in [0.3, 0.4) is 0 Å². The van der Waals surface area contributed by atoms with Crippen LogP contribution >= 0.6 is 0 Å². The number of hydrogen-bond donors (Lipinski definition) is 1. The maximum absolute atomic E-state index is 12.5. The molecule has 2 aromatic heterocycles. The second-order valence-electron chi connectivity index (χ2n) is 5.62. The van der Waals surface area contributed by atoms with Gasteiger partial charge in [-0.15, -0.1) is 0 Å². The van der Waals surface area contributed by atoms with Crippen LogP contribution in [0.15, 0.2) is 48.9 Å². The number of aromatic nitrogens is 4. The van der Waals surface area contributed by atoms with Gasteiger partial charge in [0.05, 0.1) is 11.9 Å². The molecular weight excluding hydrogens is 290 g/mol. The van der Waals surface area contributed by atoms with Crippen LogP contribution < -0.4 is 5.32 Å². The monoisotopic (exact) mass is 307 g/mol. The van der Waals surface area contributed by atoms with Crippen LogP contribution in [-0.4, -0.2) is 25.2 Å². The summed E-state index contributed by atoms with van der Waals surface area (Å²) in [5.41, 5.74) is 1.46. The Morgan fingerprint density at radius 3 is 3.04 bits per heavy atom. The number of carbonyl (C=O) groups excluding carboxylic acids is 1. The Balaban J connectivity index is 1.58. The Hall–Kier alpha value is -2.89. The molecule has 0 saturated carbocycles. The van der Waals surface area contributed by atoms with Gasteiger partial charge in [-0.05, 0) is 37.1 Å². The molecule has 4 rings (SSSR count). The van der Waals surface area contributed by atoms with E-state index in [1.54, 1.807) is 23.1 Å². The Morgan fingerprint density at radius 2 is 2.17 bits per heavy atom. The van der Waals surface area contributed by atoms with E-state index in [4.69, 9.17) is 0 Å². The van der Waals surface area contributed by atoms with Crippen molar-refractivity contribution in [2.24, 2.45) is 0 Å². The van der Waals surface area contributed by atoms with Crippen molar-refractivity contribution in [1.82, 2.24) is 19.3 Å². The number of aryl methyl sites for hydroxylation is 1. The molecule has 0 radical (unpaired) electrons. The zero-order valence-electron chi connectivity index (χ0n) is 12.6. The molecule has 6 nitrogen and oxygen atoms in total. The Labute approximate surface area is 133 Å². The van der Waals surface area contributed by atoms with Crippen LogP contribution in [0.1, 0.15) is 29.0 Å².